The van der Waals surface area contributed by atoms with Crippen molar-refractivity contribution in [2.24, 2.45) is 0 Å². The second kappa shape index (κ2) is 7.55. The molecule has 8 heteroatoms. The Morgan fingerprint density at radius 2 is 1.57 bits per heavy atom. The van der Waals surface area contributed by atoms with Gasteiger partial charge in [-0.15, -0.1) is 0 Å². The van der Waals surface area contributed by atoms with Gasteiger partial charge < -0.3 is 35.4 Å². The SMILES string of the molecule is O=C([O-])[C@H](O)[C@@H](O)[C@H](O)[C@@H](O)CO.[Na+]. The Balaban J connectivity index is 0. The van der Waals surface area contributed by atoms with Crippen molar-refractivity contribution >= 4 is 5.97 Å². The average Bonchev–Trinajstić information content (AvgIpc) is 2.12. The second-order valence-corrected chi connectivity index (χ2v) is 2.49. The van der Waals surface area contributed by atoms with E-state index in [1.54, 1.807) is 0 Å². The molecule has 0 rings (SSSR count). The maximum absolute atomic E-state index is 9.98. The molecule has 0 heterocycles. The van der Waals surface area contributed by atoms with Crippen molar-refractivity contribution in [1.82, 2.24) is 0 Å². The van der Waals surface area contributed by atoms with Crippen molar-refractivity contribution in [3.8, 4) is 0 Å². The van der Waals surface area contributed by atoms with Gasteiger partial charge in [-0.2, -0.15) is 0 Å². The molecule has 0 aromatic heterocycles. The first-order chi connectivity index (χ1) is 5.91. The van der Waals surface area contributed by atoms with Crippen molar-refractivity contribution in [3.05, 3.63) is 0 Å². The molecule has 0 aromatic rings. The topological polar surface area (TPSA) is 141 Å². The molecule has 0 fully saturated rings. The molecule has 14 heavy (non-hydrogen) atoms. The standard InChI is InChI=1S/C6H12O7.Na/c7-1-2(8)3(9)4(10)5(11)6(12)13;/h2-5,7-11H,1H2,(H,12,13);/q;+1/p-1/t2-,3+,4-,5+;/m0./s1. The van der Waals surface area contributed by atoms with Crippen molar-refractivity contribution in [2.75, 3.05) is 6.61 Å². The number of carboxylic acid groups (broad SMARTS) is 1. The van der Waals surface area contributed by atoms with Gasteiger partial charge in [0.1, 0.15) is 24.4 Å². The molecule has 0 amide bonds. The molecule has 0 aromatic carbocycles. The number of carbonyl (C=O) groups excluding carboxylic acids is 1. The summed E-state index contributed by atoms with van der Waals surface area (Å²) in [6, 6.07) is 0. The summed E-state index contributed by atoms with van der Waals surface area (Å²) < 4.78 is 0. The summed E-state index contributed by atoms with van der Waals surface area (Å²) in [6.45, 7) is -0.863. The molecule has 5 N–H and O–H groups in total. The Bertz CT molecular complexity index is 176. The molecule has 0 radical (unpaired) electrons. The molecule has 0 saturated carbocycles. The van der Waals surface area contributed by atoms with Gasteiger partial charge in [-0.3, -0.25) is 0 Å². The fourth-order valence-electron chi connectivity index (χ4n) is 0.662. The Kier molecular flexibility index (Phi) is 9.00. The molecule has 7 nitrogen and oxygen atoms in total. The molecule has 0 aliphatic rings. The molecule has 0 unspecified atom stereocenters. The Labute approximate surface area is 102 Å². The van der Waals surface area contributed by atoms with Gasteiger partial charge in [-0.05, 0) is 0 Å². The quantitative estimate of drug-likeness (QED) is 0.288. The number of carbonyl (C=O) groups is 1. The molecular formula is C6H11NaO7. The first-order valence-corrected chi connectivity index (χ1v) is 3.45. The normalized spacial score (nSPS) is 18.9. The van der Waals surface area contributed by atoms with Gasteiger partial charge in [-0.1, -0.05) is 0 Å². The van der Waals surface area contributed by atoms with E-state index in [0.29, 0.717) is 0 Å². The second-order valence-electron chi connectivity index (χ2n) is 2.49. The number of aliphatic hydroxyl groups is 5. The average molecular weight is 218 g/mol. The number of hydrogen-bond acceptors (Lipinski definition) is 7. The van der Waals surface area contributed by atoms with Crippen LogP contribution in [0, 0.1) is 0 Å². The number of aliphatic hydroxyl groups excluding tert-OH is 5. The predicted molar refractivity (Wildman–Crippen MR) is 36.1 cm³/mol. The van der Waals surface area contributed by atoms with Gasteiger partial charge in [0.05, 0.1) is 12.6 Å². The number of carboxylic acids is 1. The maximum Gasteiger partial charge on any atom is 1.00 e. The molecule has 78 valence electrons. The first kappa shape index (κ1) is 16.7. The molecule has 4 atom stereocenters. The van der Waals surface area contributed by atoms with E-state index < -0.39 is 37.0 Å². The minimum Gasteiger partial charge on any atom is -0.547 e. The fourth-order valence-corrected chi connectivity index (χ4v) is 0.662. The van der Waals surface area contributed by atoms with Gasteiger partial charge >= 0.3 is 29.6 Å². The largest absolute Gasteiger partial charge is 1.00 e. The third kappa shape index (κ3) is 4.67. The van der Waals surface area contributed by atoms with E-state index in [2.05, 4.69) is 0 Å². The van der Waals surface area contributed by atoms with E-state index in [1.165, 1.54) is 0 Å². The minimum absolute atomic E-state index is 0. The van der Waals surface area contributed by atoms with Crippen LogP contribution in [0.4, 0.5) is 0 Å². The molecule has 0 aliphatic carbocycles. The Morgan fingerprint density at radius 1 is 1.14 bits per heavy atom. The Morgan fingerprint density at radius 3 is 1.86 bits per heavy atom. The van der Waals surface area contributed by atoms with Gasteiger partial charge in [0.2, 0.25) is 0 Å². The fraction of sp³-hybridized carbons (Fsp3) is 0.833. The summed E-state index contributed by atoms with van der Waals surface area (Å²) in [5, 5.41) is 53.4. The van der Waals surface area contributed by atoms with Crippen LogP contribution in [0.2, 0.25) is 0 Å². The van der Waals surface area contributed by atoms with Crippen molar-refractivity contribution in [2.45, 2.75) is 24.4 Å². The van der Waals surface area contributed by atoms with Crippen LogP contribution in [0.1, 0.15) is 0 Å². The van der Waals surface area contributed by atoms with E-state index in [-0.39, 0.29) is 29.6 Å². The molecule has 0 saturated heterocycles. The van der Waals surface area contributed by atoms with Crippen LogP contribution >= 0.6 is 0 Å². The first-order valence-electron chi connectivity index (χ1n) is 3.45. The smallest absolute Gasteiger partial charge is 0.547 e. The zero-order chi connectivity index (χ0) is 10.6. The van der Waals surface area contributed by atoms with Gasteiger partial charge in [-0.25, -0.2) is 0 Å². The van der Waals surface area contributed by atoms with Crippen LogP contribution in [0.15, 0.2) is 0 Å². The summed E-state index contributed by atoms with van der Waals surface area (Å²) in [5.41, 5.74) is 0. The zero-order valence-corrected chi connectivity index (χ0v) is 9.57. The van der Waals surface area contributed by atoms with Crippen LogP contribution in [0.5, 0.6) is 0 Å². The maximum atomic E-state index is 9.98. The molecular weight excluding hydrogens is 207 g/mol. The van der Waals surface area contributed by atoms with Gasteiger partial charge in [0.15, 0.2) is 0 Å². The number of aliphatic carboxylic acids is 1. The van der Waals surface area contributed by atoms with Crippen molar-refractivity contribution in [1.29, 1.82) is 0 Å². The van der Waals surface area contributed by atoms with E-state index in [4.69, 9.17) is 25.5 Å². The van der Waals surface area contributed by atoms with E-state index >= 15 is 0 Å². The molecule has 0 aliphatic heterocycles. The van der Waals surface area contributed by atoms with E-state index in [0.717, 1.165) is 0 Å². The molecule has 0 spiro atoms. The van der Waals surface area contributed by atoms with Crippen molar-refractivity contribution < 1.29 is 65.0 Å². The summed E-state index contributed by atoms with van der Waals surface area (Å²) in [4.78, 5) is 9.98. The third-order valence-electron chi connectivity index (χ3n) is 1.50. The van der Waals surface area contributed by atoms with Crippen LogP contribution < -0.4 is 34.7 Å². The summed E-state index contributed by atoms with van der Waals surface area (Å²) in [7, 11) is 0. The monoisotopic (exact) mass is 218 g/mol. The zero-order valence-electron chi connectivity index (χ0n) is 7.57. The van der Waals surface area contributed by atoms with E-state index in [1.807, 2.05) is 0 Å². The summed E-state index contributed by atoms with van der Waals surface area (Å²) >= 11 is 0. The van der Waals surface area contributed by atoms with Gasteiger partial charge in [0.25, 0.3) is 0 Å². The van der Waals surface area contributed by atoms with Crippen molar-refractivity contribution in [3.63, 3.8) is 0 Å². The van der Waals surface area contributed by atoms with Crippen LogP contribution in [0.25, 0.3) is 0 Å². The van der Waals surface area contributed by atoms with Crippen LogP contribution in [-0.2, 0) is 4.79 Å². The predicted octanol–water partition coefficient (Wildman–Crippen LogP) is -7.82. The summed E-state index contributed by atoms with van der Waals surface area (Å²) in [6.07, 6.45) is -8.08. The van der Waals surface area contributed by atoms with E-state index in [9.17, 15) is 9.90 Å². The van der Waals surface area contributed by atoms with Gasteiger partial charge in [0, 0.05) is 0 Å². The Hall–Kier alpha value is 0.270. The number of hydrogen-bond donors (Lipinski definition) is 5. The van der Waals surface area contributed by atoms with Crippen LogP contribution in [-0.4, -0.2) is 62.5 Å². The van der Waals surface area contributed by atoms with Crippen LogP contribution in [0.3, 0.4) is 0 Å². The summed E-state index contributed by atoms with van der Waals surface area (Å²) in [5.74, 6) is -1.98. The number of rotatable bonds is 5. The minimum atomic E-state index is -2.31. The molecule has 0 bridgehead atoms. The third-order valence-corrected chi connectivity index (χ3v) is 1.50.